The number of nitrogens with one attached hydrogen (secondary N) is 1. The van der Waals surface area contributed by atoms with Crippen LogP contribution >= 0.6 is 0 Å². The van der Waals surface area contributed by atoms with E-state index in [1.54, 1.807) is 6.92 Å². The van der Waals surface area contributed by atoms with Crippen LogP contribution in [0.15, 0.2) is 24.3 Å². The van der Waals surface area contributed by atoms with E-state index in [0.717, 1.165) is 31.6 Å². The van der Waals surface area contributed by atoms with E-state index in [1.165, 1.54) is 0 Å². The van der Waals surface area contributed by atoms with Crippen LogP contribution in [0.1, 0.15) is 19.8 Å². The molecule has 0 aliphatic heterocycles. The second kappa shape index (κ2) is 7.55. The molecule has 5 N–H and O–H groups in total. The van der Waals surface area contributed by atoms with Crippen molar-refractivity contribution in [1.82, 2.24) is 0 Å². The molecule has 1 amide bonds. The third-order valence-electron chi connectivity index (χ3n) is 2.53. The highest BCUT2D eigenvalue weighted by molar-refractivity contribution is 5.78. The third-order valence-corrected chi connectivity index (χ3v) is 2.53. The number of ether oxygens (including phenoxy) is 1. The average Bonchev–Trinajstić information content (AvgIpc) is 2.36. The number of hydrogen-bond acceptors (Lipinski definition) is 4. The maximum absolute atomic E-state index is 10.8. The average molecular weight is 251 g/mol. The van der Waals surface area contributed by atoms with Crippen LogP contribution in [0.25, 0.3) is 0 Å². The minimum absolute atomic E-state index is 0.473. The fourth-order valence-electron chi connectivity index (χ4n) is 1.42. The Morgan fingerprint density at radius 1 is 1.33 bits per heavy atom. The lowest BCUT2D eigenvalue weighted by Crippen LogP contribution is -2.30. The summed E-state index contributed by atoms with van der Waals surface area (Å²) in [7, 11) is 0. The first kappa shape index (κ1) is 14.3. The second-order valence-corrected chi connectivity index (χ2v) is 4.11. The van der Waals surface area contributed by atoms with Crippen molar-refractivity contribution in [2.75, 3.05) is 18.4 Å². The van der Waals surface area contributed by atoms with E-state index < -0.39 is 12.0 Å². The van der Waals surface area contributed by atoms with Gasteiger partial charge in [0.2, 0.25) is 0 Å². The summed E-state index contributed by atoms with van der Waals surface area (Å²) < 4.78 is 5.35. The topological polar surface area (TPSA) is 90.4 Å². The number of hydrogen-bond donors (Lipinski definition) is 3. The van der Waals surface area contributed by atoms with Crippen molar-refractivity contribution in [1.29, 1.82) is 0 Å². The molecule has 1 rings (SSSR count). The van der Waals surface area contributed by atoms with Gasteiger partial charge in [0.05, 0.1) is 0 Å². The highest BCUT2D eigenvalue weighted by Crippen LogP contribution is 2.16. The van der Waals surface area contributed by atoms with Gasteiger partial charge in [-0.2, -0.15) is 0 Å². The van der Waals surface area contributed by atoms with Gasteiger partial charge in [-0.3, -0.25) is 4.79 Å². The maximum atomic E-state index is 10.8. The normalized spacial score (nSPS) is 11.9. The lowest BCUT2D eigenvalue weighted by molar-refractivity contribution is -0.123. The molecular weight excluding hydrogens is 230 g/mol. The first-order chi connectivity index (χ1) is 8.63. The molecule has 5 nitrogen and oxygen atoms in total. The molecule has 1 atom stereocenters. The fraction of sp³-hybridized carbons (Fsp3) is 0.462. The lowest BCUT2D eigenvalue weighted by atomic mass is 10.2. The van der Waals surface area contributed by atoms with E-state index in [4.69, 9.17) is 16.2 Å². The molecule has 0 spiro atoms. The molecule has 0 aliphatic carbocycles. The smallest absolute Gasteiger partial charge is 0.258 e. The first-order valence-corrected chi connectivity index (χ1v) is 6.13. The lowest BCUT2D eigenvalue weighted by Gasteiger charge is -2.12. The van der Waals surface area contributed by atoms with Crippen molar-refractivity contribution >= 4 is 11.6 Å². The van der Waals surface area contributed by atoms with E-state index in [-0.39, 0.29) is 0 Å². The van der Waals surface area contributed by atoms with E-state index >= 15 is 0 Å². The zero-order valence-electron chi connectivity index (χ0n) is 10.7. The number of rotatable bonds is 8. The number of amides is 1. The van der Waals surface area contributed by atoms with Gasteiger partial charge in [0.15, 0.2) is 6.10 Å². The maximum Gasteiger partial charge on any atom is 0.258 e. The monoisotopic (exact) mass is 251 g/mol. The van der Waals surface area contributed by atoms with Gasteiger partial charge in [0.1, 0.15) is 5.75 Å². The zero-order valence-corrected chi connectivity index (χ0v) is 10.7. The Morgan fingerprint density at radius 2 is 2.00 bits per heavy atom. The molecule has 5 heteroatoms. The van der Waals surface area contributed by atoms with Gasteiger partial charge in [-0.15, -0.1) is 0 Å². The van der Waals surface area contributed by atoms with Crippen LogP contribution in [0.2, 0.25) is 0 Å². The summed E-state index contributed by atoms with van der Waals surface area (Å²) in [5, 5.41) is 3.28. The van der Waals surface area contributed by atoms with Gasteiger partial charge in [0, 0.05) is 12.2 Å². The Kier molecular flexibility index (Phi) is 6.00. The molecule has 0 aliphatic rings. The molecule has 100 valence electrons. The van der Waals surface area contributed by atoms with Crippen molar-refractivity contribution in [3.8, 4) is 5.75 Å². The quantitative estimate of drug-likeness (QED) is 0.603. The summed E-state index contributed by atoms with van der Waals surface area (Å²) in [5.74, 6) is 0.160. The molecule has 0 heterocycles. The number of unbranched alkanes of at least 4 members (excludes halogenated alkanes) is 1. The fourth-order valence-corrected chi connectivity index (χ4v) is 1.42. The van der Waals surface area contributed by atoms with Crippen LogP contribution in [-0.4, -0.2) is 25.1 Å². The van der Waals surface area contributed by atoms with Crippen molar-refractivity contribution in [3.05, 3.63) is 24.3 Å². The molecule has 1 unspecified atom stereocenters. The summed E-state index contributed by atoms with van der Waals surface area (Å²) in [6.45, 7) is 3.25. The second-order valence-electron chi connectivity index (χ2n) is 4.11. The Bertz CT molecular complexity index is 365. The molecule has 0 saturated carbocycles. The van der Waals surface area contributed by atoms with Crippen LogP contribution in [0.5, 0.6) is 5.75 Å². The minimum atomic E-state index is -0.617. The van der Waals surface area contributed by atoms with Gasteiger partial charge in [-0.05, 0) is 50.6 Å². The number of primary amides is 1. The molecular formula is C13H21N3O2. The largest absolute Gasteiger partial charge is 0.481 e. The summed E-state index contributed by atoms with van der Waals surface area (Å²) >= 11 is 0. The summed E-state index contributed by atoms with van der Waals surface area (Å²) in [6, 6.07) is 7.44. The van der Waals surface area contributed by atoms with Gasteiger partial charge in [-0.1, -0.05) is 0 Å². The van der Waals surface area contributed by atoms with Crippen LogP contribution < -0.4 is 21.5 Å². The predicted octanol–water partition coefficient (Wildman–Crippen LogP) is 1.09. The Balaban J connectivity index is 2.40. The standard InChI is InChI=1S/C13H21N3O2/c1-10(13(15)17)18-12-6-4-11(5-7-12)16-9-3-2-8-14/h4-7,10,16H,2-3,8-9,14H2,1H3,(H2,15,17). The predicted molar refractivity (Wildman–Crippen MR) is 72.5 cm³/mol. The van der Waals surface area contributed by atoms with Crippen LogP contribution in [0.3, 0.4) is 0 Å². The number of nitrogens with two attached hydrogens (primary N) is 2. The van der Waals surface area contributed by atoms with Gasteiger partial charge < -0.3 is 21.5 Å². The first-order valence-electron chi connectivity index (χ1n) is 6.13. The molecule has 0 bridgehead atoms. The number of carbonyl (C=O) groups excluding carboxylic acids is 1. The van der Waals surface area contributed by atoms with Gasteiger partial charge in [0.25, 0.3) is 5.91 Å². The number of benzene rings is 1. The zero-order chi connectivity index (χ0) is 13.4. The Hall–Kier alpha value is -1.75. The number of carbonyl (C=O) groups is 1. The highest BCUT2D eigenvalue weighted by Gasteiger charge is 2.09. The van der Waals surface area contributed by atoms with Crippen molar-refractivity contribution in [3.63, 3.8) is 0 Å². The van der Waals surface area contributed by atoms with Crippen LogP contribution in [0, 0.1) is 0 Å². The van der Waals surface area contributed by atoms with Crippen LogP contribution in [0.4, 0.5) is 5.69 Å². The SMILES string of the molecule is CC(Oc1ccc(NCCCCN)cc1)C(N)=O. The van der Waals surface area contributed by atoms with E-state index in [0.29, 0.717) is 5.75 Å². The molecule has 0 fully saturated rings. The minimum Gasteiger partial charge on any atom is -0.481 e. The molecule has 1 aromatic carbocycles. The number of anilines is 1. The van der Waals surface area contributed by atoms with Gasteiger partial charge in [-0.25, -0.2) is 0 Å². The highest BCUT2D eigenvalue weighted by atomic mass is 16.5. The summed E-state index contributed by atoms with van der Waals surface area (Å²) in [6.07, 6.45) is 1.45. The van der Waals surface area contributed by atoms with E-state index in [9.17, 15) is 4.79 Å². The molecule has 18 heavy (non-hydrogen) atoms. The van der Waals surface area contributed by atoms with E-state index in [1.807, 2.05) is 24.3 Å². The van der Waals surface area contributed by atoms with Gasteiger partial charge >= 0.3 is 0 Å². The Labute approximate surface area is 107 Å². The Morgan fingerprint density at radius 3 is 2.56 bits per heavy atom. The van der Waals surface area contributed by atoms with Crippen LogP contribution in [-0.2, 0) is 4.79 Å². The molecule has 0 radical (unpaired) electrons. The summed E-state index contributed by atoms with van der Waals surface area (Å²) in [4.78, 5) is 10.8. The third kappa shape index (κ3) is 5.05. The molecule has 0 saturated heterocycles. The van der Waals surface area contributed by atoms with E-state index in [2.05, 4.69) is 5.32 Å². The van der Waals surface area contributed by atoms with Crippen molar-refractivity contribution < 1.29 is 9.53 Å². The van der Waals surface area contributed by atoms with Crippen molar-refractivity contribution in [2.45, 2.75) is 25.9 Å². The van der Waals surface area contributed by atoms with Crippen molar-refractivity contribution in [2.24, 2.45) is 11.5 Å². The summed E-state index contributed by atoms with van der Waals surface area (Å²) in [5.41, 5.74) is 11.6. The molecule has 0 aromatic heterocycles. The molecule has 1 aromatic rings.